The Hall–Kier alpha value is -0.810. The standard InChI is InChI=1S/C16H33N3O2/c1-16(2,3)14(20-6)11-18-15(17-4)19(5)9-10-21-12-13-7-8-13/h13-14H,7-12H2,1-6H3,(H,17,18). The van der Waals surface area contributed by atoms with Crippen molar-refractivity contribution < 1.29 is 9.47 Å². The number of nitrogens with one attached hydrogen (secondary N) is 1. The SMILES string of the molecule is CN=C(NCC(OC)C(C)(C)C)N(C)CCOCC1CC1. The second-order valence-corrected chi connectivity index (χ2v) is 6.96. The van der Waals surface area contributed by atoms with Crippen molar-refractivity contribution >= 4 is 5.96 Å². The van der Waals surface area contributed by atoms with Gasteiger partial charge in [-0.05, 0) is 24.2 Å². The van der Waals surface area contributed by atoms with Crippen molar-refractivity contribution in [3.05, 3.63) is 0 Å². The normalized spacial score (nSPS) is 17.7. The second-order valence-electron chi connectivity index (χ2n) is 6.96. The zero-order valence-electron chi connectivity index (χ0n) is 14.6. The van der Waals surface area contributed by atoms with Crippen LogP contribution in [-0.4, -0.2) is 64.5 Å². The molecule has 1 fully saturated rings. The van der Waals surface area contributed by atoms with Crippen LogP contribution in [-0.2, 0) is 9.47 Å². The fourth-order valence-electron chi connectivity index (χ4n) is 2.15. The summed E-state index contributed by atoms with van der Waals surface area (Å²) in [6, 6.07) is 0. The number of hydrogen-bond acceptors (Lipinski definition) is 3. The first-order chi connectivity index (χ1) is 9.88. The lowest BCUT2D eigenvalue weighted by Crippen LogP contribution is -2.46. The van der Waals surface area contributed by atoms with Crippen molar-refractivity contribution in [2.75, 3.05) is 47.5 Å². The van der Waals surface area contributed by atoms with Gasteiger partial charge in [-0.25, -0.2) is 0 Å². The van der Waals surface area contributed by atoms with Gasteiger partial charge in [-0.15, -0.1) is 0 Å². The molecule has 124 valence electrons. The molecule has 1 N–H and O–H groups in total. The lowest BCUT2D eigenvalue weighted by molar-refractivity contribution is 0.0201. The van der Waals surface area contributed by atoms with Gasteiger partial charge in [-0.3, -0.25) is 4.99 Å². The van der Waals surface area contributed by atoms with Gasteiger partial charge < -0.3 is 19.7 Å². The van der Waals surface area contributed by atoms with Crippen molar-refractivity contribution in [2.45, 2.75) is 39.7 Å². The Morgan fingerprint density at radius 1 is 1.38 bits per heavy atom. The number of hydrogen-bond donors (Lipinski definition) is 1. The molecular weight excluding hydrogens is 266 g/mol. The first-order valence-electron chi connectivity index (χ1n) is 7.90. The van der Waals surface area contributed by atoms with E-state index in [9.17, 15) is 0 Å². The molecule has 1 rings (SSSR count). The first kappa shape index (κ1) is 18.2. The molecule has 0 aliphatic heterocycles. The van der Waals surface area contributed by atoms with Crippen molar-refractivity contribution in [2.24, 2.45) is 16.3 Å². The molecule has 0 radical (unpaired) electrons. The van der Waals surface area contributed by atoms with E-state index in [0.717, 1.165) is 38.2 Å². The number of ether oxygens (including phenoxy) is 2. The third-order valence-corrected chi connectivity index (χ3v) is 3.89. The number of methoxy groups -OCH3 is 1. The Morgan fingerprint density at radius 3 is 2.52 bits per heavy atom. The van der Waals surface area contributed by atoms with Crippen molar-refractivity contribution in [3.8, 4) is 0 Å². The molecule has 0 saturated heterocycles. The Labute approximate surface area is 130 Å². The van der Waals surface area contributed by atoms with Crippen LogP contribution in [0, 0.1) is 11.3 Å². The maximum absolute atomic E-state index is 5.67. The third kappa shape index (κ3) is 7.14. The minimum Gasteiger partial charge on any atom is -0.379 e. The van der Waals surface area contributed by atoms with E-state index in [1.165, 1.54) is 12.8 Å². The molecule has 1 unspecified atom stereocenters. The molecule has 5 heteroatoms. The average molecular weight is 299 g/mol. The van der Waals surface area contributed by atoms with Gasteiger partial charge in [-0.1, -0.05) is 20.8 Å². The van der Waals surface area contributed by atoms with Crippen molar-refractivity contribution in [1.29, 1.82) is 0 Å². The summed E-state index contributed by atoms with van der Waals surface area (Å²) in [5.74, 6) is 1.71. The number of nitrogens with zero attached hydrogens (tertiary/aromatic N) is 2. The molecule has 1 aliphatic rings. The van der Waals surface area contributed by atoms with Crippen LogP contribution in [0.25, 0.3) is 0 Å². The summed E-state index contributed by atoms with van der Waals surface area (Å²) in [4.78, 5) is 6.42. The fourth-order valence-corrected chi connectivity index (χ4v) is 2.15. The maximum Gasteiger partial charge on any atom is 0.193 e. The van der Waals surface area contributed by atoms with Gasteiger partial charge in [-0.2, -0.15) is 0 Å². The molecule has 0 heterocycles. The summed E-state index contributed by atoms with van der Waals surface area (Å²) < 4.78 is 11.2. The molecule has 0 spiro atoms. The zero-order chi connectivity index (χ0) is 15.9. The van der Waals surface area contributed by atoms with Crippen LogP contribution in [0.5, 0.6) is 0 Å². The molecular formula is C16H33N3O2. The predicted octanol–water partition coefficient (Wildman–Crippen LogP) is 1.98. The topological polar surface area (TPSA) is 46.1 Å². The lowest BCUT2D eigenvalue weighted by atomic mass is 9.89. The molecule has 0 bridgehead atoms. The molecule has 21 heavy (non-hydrogen) atoms. The second kappa shape index (κ2) is 8.59. The van der Waals surface area contributed by atoms with E-state index in [-0.39, 0.29) is 11.5 Å². The summed E-state index contributed by atoms with van der Waals surface area (Å²) in [6.45, 7) is 9.80. The zero-order valence-corrected chi connectivity index (χ0v) is 14.6. The van der Waals surface area contributed by atoms with Gasteiger partial charge >= 0.3 is 0 Å². The molecule has 0 amide bonds. The van der Waals surface area contributed by atoms with Crippen LogP contribution in [0.2, 0.25) is 0 Å². The van der Waals surface area contributed by atoms with Crippen LogP contribution < -0.4 is 5.32 Å². The Morgan fingerprint density at radius 2 is 2.05 bits per heavy atom. The van der Waals surface area contributed by atoms with E-state index in [1.807, 2.05) is 14.1 Å². The van der Waals surface area contributed by atoms with Crippen LogP contribution >= 0.6 is 0 Å². The van der Waals surface area contributed by atoms with Gasteiger partial charge in [0.25, 0.3) is 0 Å². The van der Waals surface area contributed by atoms with E-state index in [1.54, 1.807) is 7.11 Å². The first-order valence-corrected chi connectivity index (χ1v) is 7.90. The number of likely N-dealkylation sites (N-methyl/N-ethyl adjacent to an activating group) is 1. The van der Waals surface area contributed by atoms with Gasteiger partial charge in [0.15, 0.2) is 5.96 Å². The third-order valence-electron chi connectivity index (χ3n) is 3.89. The molecule has 1 saturated carbocycles. The van der Waals surface area contributed by atoms with Gasteiger partial charge in [0.05, 0.1) is 12.7 Å². The lowest BCUT2D eigenvalue weighted by Gasteiger charge is -2.31. The molecule has 0 aromatic carbocycles. The molecule has 1 aliphatic carbocycles. The van der Waals surface area contributed by atoms with Gasteiger partial charge in [0, 0.05) is 40.9 Å². The molecule has 0 aromatic heterocycles. The minimum absolute atomic E-state index is 0.104. The van der Waals surface area contributed by atoms with Gasteiger partial charge in [0.2, 0.25) is 0 Å². The van der Waals surface area contributed by atoms with Crippen LogP contribution in [0.15, 0.2) is 4.99 Å². The fraction of sp³-hybridized carbons (Fsp3) is 0.938. The van der Waals surface area contributed by atoms with Crippen molar-refractivity contribution in [3.63, 3.8) is 0 Å². The van der Waals surface area contributed by atoms with Crippen LogP contribution in [0.4, 0.5) is 0 Å². The Kier molecular flexibility index (Phi) is 7.46. The number of guanidine groups is 1. The Balaban J connectivity index is 2.28. The largest absolute Gasteiger partial charge is 0.379 e. The van der Waals surface area contributed by atoms with E-state index < -0.39 is 0 Å². The van der Waals surface area contributed by atoms with E-state index in [2.05, 4.69) is 36.0 Å². The summed E-state index contributed by atoms with van der Waals surface area (Å²) in [7, 11) is 5.60. The summed E-state index contributed by atoms with van der Waals surface area (Å²) in [6.07, 6.45) is 2.82. The summed E-state index contributed by atoms with van der Waals surface area (Å²) in [5, 5.41) is 3.38. The number of rotatable bonds is 8. The summed E-state index contributed by atoms with van der Waals surface area (Å²) >= 11 is 0. The van der Waals surface area contributed by atoms with Crippen molar-refractivity contribution in [1.82, 2.24) is 10.2 Å². The van der Waals surface area contributed by atoms with E-state index >= 15 is 0 Å². The minimum atomic E-state index is 0.104. The predicted molar refractivity (Wildman–Crippen MR) is 87.8 cm³/mol. The van der Waals surface area contributed by atoms with E-state index in [0.29, 0.717) is 0 Å². The monoisotopic (exact) mass is 299 g/mol. The van der Waals surface area contributed by atoms with E-state index in [4.69, 9.17) is 9.47 Å². The quantitative estimate of drug-likeness (QED) is 0.423. The average Bonchev–Trinajstić information content (AvgIpc) is 3.22. The molecule has 1 atom stereocenters. The highest BCUT2D eigenvalue weighted by atomic mass is 16.5. The highest BCUT2D eigenvalue weighted by Gasteiger charge is 2.25. The van der Waals surface area contributed by atoms with Crippen LogP contribution in [0.3, 0.4) is 0 Å². The highest BCUT2D eigenvalue weighted by Crippen LogP contribution is 2.28. The van der Waals surface area contributed by atoms with Crippen LogP contribution in [0.1, 0.15) is 33.6 Å². The molecule has 5 nitrogen and oxygen atoms in total. The smallest absolute Gasteiger partial charge is 0.193 e. The molecule has 0 aromatic rings. The highest BCUT2D eigenvalue weighted by molar-refractivity contribution is 5.79. The number of aliphatic imine (C=N–C) groups is 1. The summed E-state index contributed by atoms with van der Waals surface area (Å²) in [5.41, 5.74) is 0.104. The maximum atomic E-state index is 5.67. The Bertz CT molecular complexity index is 322. The van der Waals surface area contributed by atoms with Gasteiger partial charge in [0.1, 0.15) is 0 Å².